The van der Waals surface area contributed by atoms with E-state index < -0.39 is 0 Å². The molecule has 4 heterocycles. The van der Waals surface area contributed by atoms with Crippen LogP contribution in [0.5, 0.6) is 0 Å². The number of nitrogens with one attached hydrogen (secondary N) is 2. The molecular formula is C27H31N7O2. The molecule has 0 saturated carbocycles. The molecule has 2 aromatic carbocycles. The van der Waals surface area contributed by atoms with E-state index in [1.54, 1.807) is 6.33 Å². The number of nitrogens with zero attached hydrogens (tertiary/aromatic N) is 5. The number of amides is 1. The van der Waals surface area contributed by atoms with Crippen molar-refractivity contribution < 1.29 is 9.53 Å². The van der Waals surface area contributed by atoms with Crippen LogP contribution in [-0.2, 0) is 17.8 Å². The maximum atomic E-state index is 12.8. The van der Waals surface area contributed by atoms with Gasteiger partial charge in [-0.05, 0) is 48.5 Å². The van der Waals surface area contributed by atoms with Crippen LogP contribution in [0.1, 0.15) is 21.6 Å². The molecule has 186 valence electrons. The second-order valence-corrected chi connectivity index (χ2v) is 9.36. The smallest absolute Gasteiger partial charge is 0.255 e. The molecule has 0 atom stereocenters. The van der Waals surface area contributed by atoms with Gasteiger partial charge in [0, 0.05) is 74.0 Å². The first-order chi connectivity index (χ1) is 17.7. The molecule has 0 unspecified atom stereocenters. The van der Waals surface area contributed by atoms with Gasteiger partial charge in [0.2, 0.25) is 0 Å². The van der Waals surface area contributed by atoms with Gasteiger partial charge in [0.25, 0.3) is 5.91 Å². The van der Waals surface area contributed by atoms with Gasteiger partial charge in [-0.2, -0.15) is 0 Å². The van der Waals surface area contributed by atoms with E-state index in [0.717, 1.165) is 94.1 Å². The molecule has 0 bridgehead atoms. The van der Waals surface area contributed by atoms with Gasteiger partial charge in [-0.15, -0.1) is 0 Å². The number of fused-ring (bicyclic) bond motifs is 1. The third-order valence-electron chi connectivity index (χ3n) is 7.11. The Balaban J connectivity index is 1.09. The van der Waals surface area contributed by atoms with Crippen molar-refractivity contribution in [1.82, 2.24) is 15.3 Å². The molecular weight excluding hydrogens is 454 g/mol. The Morgan fingerprint density at radius 1 is 0.806 bits per heavy atom. The first-order valence-electron chi connectivity index (χ1n) is 12.6. The van der Waals surface area contributed by atoms with E-state index in [2.05, 4.69) is 47.4 Å². The lowest BCUT2D eigenvalue weighted by atomic mass is 10.1. The number of rotatable bonds is 5. The van der Waals surface area contributed by atoms with Crippen molar-refractivity contribution in [2.24, 2.45) is 0 Å². The van der Waals surface area contributed by atoms with Gasteiger partial charge in [-0.3, -0.25) is 4.79 Å². The highest BCUT2D eigenvalue weighted by molar-refractivity contribution is 6.04. The van der Waals surface area contributed by atoms with Crippen molar-refractivity contribution in [3.63, 3.8) is 0 Å². The number of carbonyl (C=O) groups excluding carboxylic acids is 1. The molecule has 1 amide bonds. The lowest BCUT2D eigenvalue weighted by Crippen LogP contribution is -2.43. The minimum absolute atomic E-state index is 0.103. The van der Waals surface area contributed by atoms with Gasteiger partial charge in [0.05, 0.1) is 25.5 Å². The molecule has 2 N–H and O–H groups in total. The Morgan fingerprint density at radius 3 is 2.25 bits per heavy atom. The molecule has 36 heavy (non-hydrogen) atoms. The van der Waals surface area contributed by atoms with Gasteiger partial charge in [-0.1, -0.05) is 0 Å². The number of benzene rings is 2. The molecule has 2 fully saturated rings. The van der Waals surface area contributed by atoms with Crippen molar-refractivity contribution in [2.45, 2.75) is 13.1 Å². The Morgan fingerprint density at radius 2 is 1.50 bits per heavy atom. The zero-order valence-electron chi connectivity index (χ0n) is 20.3. The number of aromatic nitrogens is 2. The molecule has 0 spiro atoms. The van der Waals surface area contributed by atoms with Crippen LogP contribution in [0.25, 0.3) is 0 Å². The normalized spacial score (nSPS) is 17.7. The third kappa shape index (κ3) is 4.72. The van der Waals surface area contributed by atoms with Crippen molar-refractivity contribution >= 4 is 28.8 Å². The molecule has 6 rings (SSSR count). The quantitative estimate of drug-likeness (QED) is 0.570. The molecule has 3 aliphatic heterocycles. The van der Waals surface area contributed by atoms with E-state index in [1.165, 1.54) is 5.56 Å². The average molecular weight is 486 g/mol. The number of hydrogen-bond acceptors (Lipinski definition) is 8. The topological polar surface area (TPSA) is 85.9 Å². The summed E-state index contributed by atoms with van der Waals surface area (Å²) in [5.41, 5.74) is 5.96. The maximum absolute atomic E-state index is 12.8. The van der Waals surface area contributed by atoms with Gasteiger partial charge in [-0.25, -0.2) is 9.97 Å². The summed E-state index contributed by atoms with van der Waals surface area (Å²) in [6.07, 6.45) is 1.67. The van der Waals surface area contributed by atoms with Crippen LogP contribution in [0.4, 0.5) is 22.9 Å². The molecule has 0 radical (unpaired) electrons. The fourth-order valence-corrected chi connectivity index (χ4v) is 5.10. The van der Waals surface area contributed by atoms with E-state index in [9.17, 15) is 4.79 Å². The number of carbonyl (C=O) groups is 1. The second kappa shape index (κ2) is 10.1. The minimum Gasteiger partial charge on any atom is -0.378 e. The SMILES string of the molecule is O=C(Nc1ccc(N2Cc3ncnc(N4CCOCC4)c3C2)cc1)c1ccc(N2CCNCC2)cc1. The molecule has 2 saturated heterocycles. The Bertz CT molecular complexity index is 1200. The monoisotopic (exact) mass is 485 g/mol. The number of hydrogen-bond donors (Lipinski definition) is 2. The van der Waals surface area contributed by atoms with Crippen LogP contribution in [0.2, 0.25) is 0 Å². The second-order valence-electron chi connectivity index (χ2n) is 9.36. The molecule has 0 aliphatic carbocycles. The zero-order valence-corrected chi connectivity index (χ0v) is 20.3. The summed E-state index contributed by atoms with van der Waals surface area (Å²) >= 11 is 0. The molecule has 1 aromatic heterocycles. The van der Waals surface area contributed by atoms with Crippen molar-refractivity contribution in [3.05, 3.63) is 71.7 Å². The predicted molar refractivity (Wildman–Crippen MR) is 141 cm³/mol. The fraction of sp³-hybridized carbons (Fsp3) is 0.370. The highest BCUT2D eigenvalue weighted by Gasteiger charge is 2.27. The lowest BCUT2D eigenvalue weighted by Gasteiger charge is -2.29. The summed E-state index contributed by atoms with van der Waals surface area (Å²) < 4.78 is 5.50. The summed E-state index contributed by atoms with van der Waals surface area (Å²) in [5, 5.41) is 6.39. The van der Waals surface area contributed by atoms with Crippen molar-refractivity contribution in [3.8, 4) is 0 Å². The fourth-order valence-electron chi connectivity index (χ4n) is 5.10. The third-order valence-corrected chi connectivity index (χ3v) is 7.11. The minimum atomic E-state index is -0.103. The molecule has 9 heteroatoms. The van der Waals surface area contributed by atoms with Gasteiger partial charge < -0.3 is 30.1 Å². The number of piperazine rings is 1. The molecule has 9 nitrogen and oxygen atoms in total. The zero-order chi connectivity index (χ0) is 24.3. The number of ether oxygens (including phenoxy) is 1. The van der Waals surface area contributed by atoms with Crippen LogP contribution in [-0.4, -0.2) is 68.4 Å². The summed E-state index contributed by atoms with van der Waals surface area (Å²) in [4.78, 5) is 28.9. The highest BCUT2D eigenvalue weighted by atomic mass is 16.5. The predicted octanol–water partition coefficient (Wildman–Crippen LogP) is 2.50. The lowest BCUT2D eigenvalue weighted by molar-refractivity contribution is 0.102. The van der Waals surface area contributed by atoms with Crippen LogP contribution in [0.15, 0.2) is 54.9 Å². The summed E-state index contributed by atoms with van der Waals surface area (Å²) in [6.45, 7) is 8.66. The number of morpholine rings is 1. The van der Waals surface area contributed by atoms with Gasteiger partial charge >= 0.3 is 0 Å². The summed E-state index contributed by atoms with van der Waals surface area (Å²) in [5.74, 6) is 0.922. The maximum Gasteiger partial charge on any atom is 0.255 e. The van der Waals surface area contributed by atoms with E-state index in [4.69, 9.17) is 4.74 Å². The van der Waals surface area contributed by atoms with Crippen molar-refractivity contribution in [1.29, 1.82) is 0 Å². The van der Waals surface area contributed by atoms with Crippen LogP contribution >= 0.6 is 0 Å². The standard InChI is InChI=1S/C27H31N7O2/c35-27(20-1-5-22(6-2-20)32-11-9-28-10-12-32)31-21-3-7-23(8-4-21)34-17-24-25(18-34)29-19-30-26(24)33-13-15-36-16-14-33/h1-8,19,28H,9-18H2,(H,31,35). The van der Waals surface area contributed by atoms with Crippen LogP contribution in [0, 0.1) is 0 Å². The van der Waals surface area contributed by atoms with E-state index in [0.29, 0.717) is 5.56 Å². The van der Waals surface area contributed by atoms with E-state index >= 15 is 0 Å². The van der Waals surface area contributed by atoms with Crippen LogP contribution in [0.3, 0.4) is 0 Å². The molecule has 3 aliphatic rings. The first kappa shape index (κ1) is 22.8. The summed E-state index contributed by atoms with van der Waals surface area (Å²) in [7, 11) is 0. The van der Waals surface area contributed by atoms with E-state index in [-0.39, 0.29) is 5.91 Å². The number of anilines is 4. The van der Waals surface area contributed by atoms with Gasteiger partial charge in [0.1, 0.15) is 12.1 Å². The summed E-state index contributed by atoms with van der Waals surface area (Å²) in [6, 6.07) is 15.9. The van der Waals surface area contributed by atoms with Gasteiger partial charge in [0.15, 0.2) is 0 Å². The van der Waals surface area contributed by atoms with Crippen LogP contribution < -0.4 is 25.3 Å². The average Bonchev–Trinajstić information content (AvgIpc) is 3.39. The van der Waals surface area contributed by atoms with E-state index in [1.807, 2.05) is 36.4 Å². The largest absolute Gasteiger partial charge is 0.378 e. The Labute approximate surface area is 211 Å². The Hall–Kier alpha value is -3.69. The molecule has 3 aromatic rings. The van der Waals surface area contributed by atoms with Crippen molar-refractivity contribution in [2.75, 3.05) is 72.5 Å². The first-order valence-corrected chi connectivity index (χ1v) is 12.6. The Kier molecular flexibility index (Phi) is 6.40. The highest BCUT2D eigenvalue weighted by Crippen LogP contribution is 2.32.